The number of benzene rings is 1. The third-order valence-corrected chi connectivity index (χ3v) is 5.02. The molecule has 2 N–H and O–H groups in total. The summed E-state index contributed by atoms with van der Waals surface area (Å²) in [6, 6.07) is 7.94. The highest BCUT2D eigenvalue weighted by atomic mass is 19.1. The lowest BCUT2D eigenvalue weighted by molar-refractivity contribution is -0.239. The van der Waals surface area contributed by atoms with E-state index in [9.17, 15) is 9.50 Å². The van der Waals surface area contributed by atoms with E-state index in [0.29, 0.717) is 54.9 Å². The number of halogens is 1. The highest BCUT2D eigenvalue weighted by Gasteiger charge is 2.34. The third kappa shape index (κ3) is 4.94. The number of aliphatic hydroxyl groups excluding tert-OH is 1. The summed E-state index contributed by atoms with van der Waals surface area (Å²) < 4.78 is 35.6. The van der Waals surface area contributed by atoms with E-state index in [1.807, 2.05) is 6.92 Å². The Morgan fingerprint density at radius 3 is 2.59 bits per heavy atom. The molecule has 1 aromatic carbocycles. The van der Waals surface area contributed by atoms with Crippen LogP contribution >= 0.6 is 0 Å². The highest BCUT2D eigenvalue weighted by molar-refractivity contribution is 5.76. The number of aromatic nitrogens is 4. The van der Waals surface area contributed by atoms with E-state index < -0.39 is 11.7 Å². The largest absolute Gasteiger partial charge is 0.461 e. The summed E-state index contributed by atoms with van der Waals surface area (Å²) in [6.45, 7) is 3.20. The van der Waals surface area contributed by atoms with Crippen molar-refractivity contribution in [1.82, 2.24) is 19.9 Å². The van der Waals surface area contributed by atoms with Gasteiger partial charge >= 0.3 is 6.01 Å². The lowest BCUT2D eigenvalue weighted by atomic mass is 9.94. The maximum absolute atomic E-state index is 13.5. The molecule has 9 nitrogen and oxygen atoms in total. The summed E-state index contributed by atoms with van der Waals surface area (Å²) in [5.41, 5.74) is 1.92. The van der Waals surface area contributed by atoms with Crippen LogP contribution in [0.2, 0.25) is 0 Å². The van der Waals surface area contributed by atoms with Crippen molar-refractivity contribution >= 4 is 0 Å². The highest BCUT2D eigenvalue weighted by Crippen LogP contribution is 2.35. The van der Waals surface area contributed by atoms with Gasteiger partial charge in [0.2, 0.25) is 6.29 Å². The first kappa shape index (κ1) is 22.3. The Kier molecular flexibility index (Phi) is 6.75. The minimum absolute atomic E-state index is 0.0449. The zero-order valence-corrected chi connectivity index (χ0v) is 17.9. The lowest BCUT2D eigenvalue weighted by Crippen LogP contribution is -2.39. The van der Waals surface area contributed by atoms with Crippen LogP contribution in [-0.4, -0.2) is 65.2 Å². The summed E-state index contributed by atoms with van der Waals surface area (Å²) in [6.07, 6.45) is 0.849. The van der Waals surface area contributed by atoms with Crippen LogP contribution in [0.3, 0.4) is 0 Å². The molecule has 0 spiro atoms. The first-order valence-corrected chi connectivity index (χ1v) is 10.2. The number of hydrogen-bond acceptors (Lipinski definition) is 8. The number of nitrogens with zero attached hydrogens (tertiary/aromatic N) is 3. The quantitative estimate of drug-likeness (QED) is 0.510. The minimum atomic E-state index is -0.734. The molecule has 0 atom stereocenters. The molecule has 0 aliphatic carbocycles. The van der Waals surface area contributed by atoms with Gasteiger partial charge in [0.1, 0.15) is 12.4 Å². The van der Waals surface area contributed by atoms with Gasteiger partial charge in [0.25, 0.3) is 0 Å². The second-order valence-corrected chi connectivity index (χ2v) is 7.84. The Bertz CT molecular complexity index is 1040. The molecule has 1 saturated heterocycles. The van der Waals surface area contributed by atoms with E-state index in [1.54, 1.807) is 31.5 Å². The predicted molar refractivity (Wildman–Crippen MR) is 112 cm³/mol. The van der Waals surface area contributed by atoms with Crippen molar-refractivity contribution in [2.75, 3.05) is 40.1 Å². The van der Waals surface area contributed by atoms with Crippen molar-refractivity contribution in [3.05, 3.63) is 48.2 Å². The molecular formula is C22H25FN4O5. The number of aromatic amines is 1. The summed E-state index contributed by atoms with van der Waals surface area (Å²) in [5.74, 6) is 0.101. The number of ether oxygens (including phenoxy) is 4. The molecule has 0 bridgehead atoms. The number of rotatable bonds is 8. The fourth-order valence-corrected chi connectivity index (χ4v) is 3.16. The molecule has 3 heterocycles. The molecule has 4 rings (SSSR count). The Morgan fingerprint density at radius 2 is 1.91 bits per heavy atom. The third-order valence-electron chi connectivity index (χ3n) is 5.02. The predicted octanol–water partition coefficient (Wildman–Crippen LogP) is 2.74. The standard InChI is InChI=1S/C22H25FN4O5/c1-22(11-28)12-31-20(32-13-22)19-26-17(14-3-5-15(23)6-4-14)18(27-19)16-7-8-24-21(25-16)30-10-9-29-2/h3-8,20,28H,9-13H2,1-2H3,(H,26,27). The smallest absolute Gasteiger partial charge is 0.317 e. The topological polar surface area (TPSA) is 112 Å². The Balaban J connectivity index is 1.68. The van der Waals surface area contributed by atoms with Crippen LogP contribution < -0.4 is 4.74 Å². The van der Waals surface area contributed by atoms with E-state index >= 15 is 0 Å². The average molecular weight is 444 g/mol. The first-order valence-electron chi connectivity index (χ1n) is 10.2. The van der Waals surface area contributed by atoms with Crippen LogP contribution in [0.5, 0.6) is 6.01 Å². The summed E-state index contributed by atoms with van der Waals surface area (Å²) in [7, 11) is 1.58. The fourth-order valence-electron chi connectivity index (χ4n) is 3.16. The molecule has 1 aliphatic rings. The van der Waals surface area contributed by atoms with E-state index in [4.69, 9.17) is 18.9 Å². The van der Waals surface area contributed by atoms with Crippen LogP contribution in [0.4, 0.5) is 4.39 Å². The van der Waals surface area contributed by atoms with Crippen molar-refractivity contribution in [1.29, 1.82) is 0 Å². The number of H-pyrrole nitrogens is 1. The van der Waals surface area contributed by atoms with Gasteiger partial charge in [0.05, 0.1) is 43.5 Å². The monoisotopic (exact) mass is 444 g/mol. The van der Waals surface area contributed by atoms with E-state index in [1.165, 1.54) is 12.1 Å². The fraction of sp³-hybridized carbons (Fsp3) is 0.409. The van der Waals surface area contributed by atoms with Crippen LogP contribution in [-0.2, 0) is 14.2 Å². The van der Waals surface area contributed by atoms with Gasteiger partial charge in [-0.3, -0.25) is 0 Å². The molecule has 1 aliphatic heterocycles. The van der Waals surface area contributed by atoms with E-state index in [0.717, 1.165) is 0 Å². The van der Waals surface area contributed by atoms with Crippen molar-refractivity contribution in [2.24, 2.45) is 5.41 Å². The number of hydrogen-bond donors (Lipinski definition) is 2. The summed E-state index contributed by atoms with van der Waals surface area (Å²) in [5, 5.41) is 9.53. The molecule has 0 unspecified atom stereocenters. The van der Waals surface area contributed by atoms with Gasteiger partial charge in [-0.1, -0.05) is 6.92 Å². The zero-order chi connectivity index (χ0) is 22.6. The van der Waals surface area contributed by atoms with Crippen LogP contribution in [0.15, 0.2) is 36.5 Å². The van der Waals surface area contributed by atoms with E-state index in [2.05, 4.69) is 19.9 Å². The minimum Gasteiger partial charge on any atom is -0.461 e. The van der Waals surface area contributed by atoms with Gasteiger partial charge in [0, 0.05) is 24.3 Å². The maximum Gasteiger partial charge on any atom is 0.317 e. The van der Waals surface area contributed by atoms with Gasteiger partial charge < -0.3 is 29.0 Å². The zero-order valence-electron chi connectivity index (χ0n) is 17.9. The number of nitrogens with one attached hydrogen (secondary N) is 1. The van der Waals surface area contributed by atoms with Gasteiger partial charge in [-0.15, -0.1) is 0 Å². The second kappa shape index (κ2) is 9.70. The molecular weight excluding hydrogens is 419 g/mol. The van der Waals surface area contributed by atoms with E-state index in [-0.39, 0.29) is 18.4 Å². The lowest BCUT2D eigenvalue weighted by Gasteiger charge is -2.35. The Hall–Kier alpha value is -2.92. The van der Waals surface area contributed by atoms with Crippen molar-refractivity contribution < 1.29 is 28.4 Å². The molecule has 32 heavy (non-hydrogen) atoms. The normalized spacial score (nSPS) is 20.9. The summed E-state index contributed by atoms with van der Waals surface area (Å²) in [4.78, 5) is 16.5. The van der Waals surface area contributed by atoms with Gasteiger partial charge in [-0.25, -0.2) is 14.4 Å². The van der Waals surface area contributed by atoms with Crippen LogP contribution in [0, 0.1) is 11.2 Å². The Labute approximate surface area is 184 Å². The van der Waals surface area contributed by atoms with Crippen molar-refractivity contribution in [3.8, 4) is 28.7 Å². The Morgan fingerprint density at radius 1 is 1.16 bits per heavy atom. The summed E-state index contributed by atoms with van der Waals surface area (Å²) >= 11 is 0. The second-order valence-electron chi connectivity index (χ2n) is 7.84. The maximum atomic E-state index is 13.5. The average Bonchev–Trinajstić information content (AvgIpc) is 3.26. The molecule has 10 heteroatoms. The van der Waals surface area contributed by atoms with Crippen LogP contribution in [0.1, 0.15) is 19.0 Å². The SMILES string of the molecule is COCCOc1nccc(-c2[nH]c(C3OCC(C)(CO)CO3)nc2-c2ccc(F)cc2)n1. The van der Waals surface area contributed by atoms with Gasteiger partial charge in [-0.2, -0.15) is 4.98 Å². The molecule has 2 aromatic heterocycles. The van der Waals surface area contributed by atoms with Crippen molar-refractivity contribution in [3.63, 3.8) is 0 Å². The molecule has 3 aromatic rings. The number of methoxy groups -OCH3 is 1. The van der Waals surface area contributed by atoms with Crippen LogP contribution in [0.25, 0.3) is 22.6 Å². The number of imidazole rings is 1. The molecule has 0 amide bonds. The molecule has 0 saturated carbocycles. The number of aliphatic hydroxyl groups is 1. The first-order chi connectivity index (χ1) is 15.5. The molecule has 1 fully saturated rings. The molecule has 0 radical (unpaired) electrons. The molecule has 170 valence electrons. The van der Waals surface area contributed by atoms with Gasteiger partial charge in [0.15, 0.2) is 5.82 Å². The van der Waals surface area contributed by atoms with Crippen molar-refractivity contribution in [2.45, 2.75) is 13.2 Å². The van der Waals surface area contributed by atoms with Gasteiger partial charge in [-0.05, 0) is 30.3 Å².